The van der Waals surface area contributed by atoms with Gasteiger partial charge in [0.15, 0.2) is 21.5 Å². The van der Waals surface area contributed by atoms with Gasteiger partial charge in [0.05, 0.1) is 23.7 Å². The van der Waals surface area contributed by atoms with Gasteiger partial charge in [-0.15, -0.1) is 10.2 Å². The van der Waals surface area contributed by atoms with Gasteiger partial charge in [0, 0.05) is 42.0 Å². The molecule has 11 heteroatoms. The highest BCUT2D eigenvalue weighted by Crippen LogP contribution is 2.57. The number of nitrogens with zero attached hydrogens (tertiary/aromatic N) is 5. The lowest BCUT2D eigenvalue weighted by Crippen LogP contribution is -2.62. The third kappa shape index (κ3) is 3.71. The fraction of sp³-hybridized carbons (Fsp3) is 0.462. The van der Waals surface area contributed by atoms with Crippen LogP contribution in [0.15, 0.2) is 30.3 Å². The molecule has 1 aromatic heterocycles. The normalized spacial score (nSPS) is 22.5. The van der Waals surface area contributed by atoms with Gasteiger partial charge >= 0.3 is 0 Å². The summed E-state index contributed by atoms with van der Waals surface area (Å²) >= 11 is 6.34. The molecule has 1 spiro atoms. The minimum Gasteiger partial charge on any atom is -0.366 e. The summed E-state index contributed by atoms with van der Waals surface area (Å²) < 4.78 is 54.8. The highest BCUT2D eigenvalue weighted by Gasteiger charge is 2.55. The summed E-state index contributed by atoms with van der Waals surface area (Å²) in [7, 11) is -2.96. The Balaban J connectivity index is 1.14. The molecule has 3 fully saturated rings. The number of rotatable bonds is 3. The third-order valence-corrected chi connectivity index (χ3v) is 10.5. The maximum Gasteiger partial charge on any atom is 0.153 e. The van der Waals surface area contributed by atoms with Gasteiger partial charge in [-0.3, -0.25) is 9.47 Å². The van der Waals surface area contributed by atoms with Gasteiger partial charge in [-0.2, -0.15) is 0 Å². The molecule has 0 bridgehead atoms. The van der Waals surface area contributed by atoms with Gasteiger partial charge in [-0.1, -0.05) is 17.7 Å². The summed E-state index contributed by atoms with van der Waals surface area (Å²) in [4.78, 5) is 3.96. The number of sulfone groups is 1. The van der Waals surface area contributed by atoms with E-state index >= 15 is 0 Å². The fourth-order valence-corrected chi connectivity index (χ4v) is 8.29. The molecule has 2 aromatic carbocycles. The topological polar surface area (TPSA) is 71.3 Å². The van der Waals surface area contributed by atoms with Crippen LogP contribution in [0, 0.1) is 24.0 Å². The first-order chi connectivity index (χ1) is 17.6. The first-order valence-electron chi connectivity index (χ1n) is 12.5. The van der Waals surface area contributed by atoms with Crippen LogP contribution in [0.5, 0.6) is 0 Å². The molecular formula is C26H26ClF2N5O2S. The number of hydrogen-bond acceptors (Lipinski definition) is 6. The molecule has 0 amide bonds. The lowest BCUT2D eigenvalue weighted by atomic mass is 9.57. The molecule has 37 heavy (non-hydrogen) atoms. The lowest BCUT2D eigenvalue weighted by molar-refractivity contribution is 0.0577. The molecule has 1 aliphatic carbocycles. The Morgan fingerprint density at radius 1 is 1.05 bits per heavy atom. The maximum atomic E-state index is 14.6. The molecule has 0 unspecified atom stereocenters. The molecule has 7 rings (SSSR count). The van der Waals surface area contributed by atoms with E-state index in [1.165, 1.54) is 12.1 Å². The highest BCUT2D eigenvalue weighted by atomic mass is 35.5. The minimum atomic E-state index is -2.96. The van der Waals surface area contributed by atoms with E-state index in [1.807, 2.05) is 18.2 Å². The van der Waals surface area contributed by atoms with Crippen molar-refractivity contribution < 1.29 is 17.2 Å². The molecular weight excluding hydrogens is 520 g/mol. The summed E-state index contributed by atoms with van der Waals surface area (Å²) in [6.45, 7) is 4.00. The first-order valence-corrected chi connectivity index (χ1v) is 14.7. The van der Waals surface area contributed by atoms with E-state index in [9.17, 15) is 17.2 Å². The van der Waals surface area contributed by atoms with E-state index in [2.05, 4.69) is 19.7 Å². The van der Waals surface area contributed by atoms with Crippen molar-refractivity contribution in [1.82, 2.24) is 19.7 Å². The molecule has 2 saturated heterocycles. The van der Waals surface area contributed by atoms with Crippen molar-refractivity contribution >= 4 is 27.1 Å². The molecule has 7 nitrogen and oxygen atoms in total. The number of benzene rings is 2. The van der Waals surface area contributed by atoms with Crippen LogP contribution in [0.3, 0.4) is 0 Å². The SMILES string of the molecule is Cc1ccc(F)c(N2CC3(CC(c4nnc5n4-c4ccc(Cl)cc4CN(C4CS(=O)(=O)C4)C5)C3)C2)c1F. The average molecular weight is 546 g/mol. The van der Waals surface area contributed by atoms with Crippen molar-refractivity contribution in [2.45, 2.75) is 44.8 Å². The van der Waals surface area contributed by atoms with Gasteiger partial charge in [0.2, 0.25) is 0 Å². The van der Waals surface area contributed by atoms with E-state index < -0.39 is 21.5 Å². The van der Waals surface area contributed by atoms with Gasteiger partial charge in [0.25, 0.3) is 0 Å². The summed E-state index contributed by atoms with van der Waals surface area (Å²) in [6.07, 6.45) is 1.76. The Labute approximate surface area is 219 Å². The second kappa shape index (κ2) is 7.97. The zero-order chi connectivity index (χ0) is 25.7. The van der Waals surface area contributed by atoms with Crippen molar-refractivity contribution in [2.75, 3.05) is 29.5 Å². The highest BCUT2D eigenvalue weighted by molar-refractivity contribution is 7.92. The van der Waals surface area contributed by atoms with Crippen LogP contribution in [0.25, 0.3) is 5.69 Å². The van der Waals surface area contributed by atoms with E-state index in [-0.39, 0.29) is 34.6 Å². The van der Waals surface area contributed by atoms with E-state index in [4.69, 9.17) is 11.6 Å². The Morgan fingerprint density at radius 2 is 1.81 bits per heavy atom. The predicted octanol–water partition coefficient (Wildman–Crippen LogP) is 4.00. The Morgan fingerprint density at radius 3 is 2.54 bits per heavy atom. The van der Waals surface area contributed by atoms with E-state index in [0.29, 0.717) is 36.8 Å². The first kappa shape index (κ1) is 23.5. The number of aryl methyl sites for hydroxylation is 1. The quantitative estimate of drug-likeness (QED) is 0.495. The molecule has 0 N–H and O–H groups in total. The number of anilines is 1. The average Bonchev–Trinajstić information content (AvgIpc) is 3.10. The second-order valence-corrected chi connectivity index (χ2v) is 13.8. The second-order valence-electron chi connectivity index (χ2n) is 11.2. The number of aromatic nitrogens is 3. The maximum absolute atomic E-state index is 14.6. The van der Waals surface area contributed by atoms with Crippen LogP contribution >= 0.6 is 11.6 Å². The van der Waals surface area contributed by atoms with Crippen LogP contribution in [0.1, 0.15) is 41.5 Å². The van der Waals surface area contributed by atoms with Crippen molar-refractivity contribution in [1.29, 1.82) is 0 Å². The van der Waals surface area contributed by atoms with Gasteiger partial charge in [0.1, 0.15) is 17.3 Å². The monoisotopic (exact) mass is 545 g/mol. The predicted molar refractivity (Wildman–Crippen MR) is 136 cm³/mol. The lowest BCUT2D eigenvalue weighted by Gasteiger charge is -2.59. The number of halogens is 3. The Bertz CT molecular complexity index is 1530. The molecule has 4 aliphatic rings. The summed E-state index contributed by atoms with van der Waals surface area (Å²) in [6, 6.07) is 8.54. The standard InChI is InChI=1S/C26H26ClF2N5O2S/c1-15-2-4-20(28)24(23(15)29)33-13-26(14-33)7-17(8-26)25-31-30-22-10-32(19-11-37(35,36)12-19)9-16-6-18(27)3-5-21(16)34(22)25/h2-6,17,19H,7-14H2,1H3. The van der Waals surface area contributed by atoms with Crippen LogP contribution in [0.4, 0.5) is 14.5 Å². The van der Waals surface area contributed by atoms with E-state index in [1.54, 1.807) is 11.8 Å². The smallest absolute Gasteiger partial charge is 0.153 e. The molecule has 194 valence electrons. The Kier molecular flexibility index (Phi) is 5.07. The molecule has 0 radical (unpaired) electrons. The van der Waals surface area contributed by atoms with Gasteiger partial charge in [-0.05, 0) is 55.2 Å². The minimum absolute atomic E-state index is 0.0273. The largest absolute Gasteiger partial charge is 0.366 e. The van der Waals surface area contributed by atoms with Crippen molar-refractivity contribution in [3.05, 3.63) is 69.8 Å². The van der Waals surface area contributed by atoms with E-state index in [0.717, 1.165) is 35.7 Å². The summed E-state index contributed by atoms with van der Waals surface area (Å²) in [5.41, 5.74) is 2.55. The van der Waals surface area contributed by atoms with Crippen molar-refractivity contribution in [3.8, 4) is 5.69 Å². The summed E-state index contributed by atoms with van der Waals surface area (Å²) in [5.74, 6) is 1.19. The molecule has 0 atom stereocenters. The zero-order valence-electron chi connectivity index (χ0n) is 20.3. The van der Waals surface area contributed by atoms with Crippen LogP contribution in [-0.4, -0.2) is 58.7 Å². The Hall–Kier alpha value is -2.56. The zero-order valence-corrected chi connectivity index (χ0v) is 21.9. The van der Waals surface area contributed by atoms with Crippen LogP contribution in [0.2, 0.25) is 5.02 Å². The van der Waals surface area contributed by atoms with Gasteiger partial charge < -0.3 is 4.90 Å². The van der Waals surface area contributed by atoms with Crippen LogP contribution < -0.4 is 4.90 Å². The van der Waals surface area contributed by atoms with Crippen molar-refractivity contribution in [3.63, 3.8) is 0 Å². The molecule has 4 heterocycles. The van der Waals surface area contributed by atoms with Crippen molar-refractivity contribution in [2.24, 2.45) is 5.41 Å². The van der Waals surface area contributed by atoms with Gasteiger partial charge in [-0.25, -0.2) is 17.2 Å². The molecule has 3 aliphatic heterocycles. The van der Waals surface area contributed by atoms with Crippen LogP contribution in [-0.2, 0) is 22.9 Å². The number of fused-ring (bicyclic) bond motifs is 3. The summed E-state index contributed by atoms with van der Waals surface area (Å²) in [5, 5.41) is 9.76. The number of hydrogen-bond donors (Lipinski definition) is 0. The third-order valence-electron chi connectivity index (χ3n) is 8.52. The molecule has 1 saturated carbocycles. The fourth-order valence-electron chi connectivity index (χ4n) is 6.60. The molecule has 3 aromatic rings.